The van der Waals surface area contributed by atoms with Crippen molar-refractivity contribution in [3.05, 3.63) is 23.9 Å². The van der Waals surface area contributed by atoms with E-state index in [1.54, 1.807) is 0 Å². The van der Waals surface area contributed by atoms with Gasteiger partial charge in [0.2, 0.25) is 0 Å². The Labute approximate surface area is 112 Å². The number of aromatic nitrogens is 1. The Morgan fingerprint density at radius 3 is 2.33 bits per heavy atom. The minimum Gasteiger partial charge on any atom is -0.373 e. The summed E-state index contributed by atoms with van der Waals surface area (Å²) in [5, 5.41) is 3.10. The van der Waals surface area contributed by atoms with Gasteiger partial charge in [-0.25, -0.2) is 4.98 Å². The SMILES string of the molecule is CCCCN(CCCC)Cc1cccc(NC)n1. The van der Waals surface area contributed by atoms with Crippen LogP contribution < -0.4 is 5.32 Å². The second-order valence-corrected chi connectivity index (χ2v) is 4.75. The van der Waals surface area contributed by atoms with Crippen LogP contribution in [0.5, 0.6) is 0 Å². The van der Waals surface area contributed by atoms with Crippen molar-refractivity contribution < 1.29 is 0 Å². The third kappa shape index (κ3) is 5.50. The molecule has 0 unspecified atom stereocenters. The molecular weight excluding hydrogens is 222 g/mol. The van der Waals surface area contributed by atoms with Crippen molar-refractivity contribution in [3.8, 4) is 0 Å². The molecule has 0 radical (unpaired) electrons. The molecule has 0 aliphatic carbocycles. The van der Waals surface area contributed by atoms with E-state index in [1.165, 1.54) is 38.8 Å². The fraction of sp³-hybridized carbons (Fsp3) is 0.667. The lowest BCUT2D eigenvalue weighted by atomic mass is 10.2. The van der Waals surface area contributed by atoms with Crippen LogP contribution in [0.15, 0.2) is 18.2 Å². The highest BCUT2D eigenvalue weighted by Gasteiger charge is 2.06. The molecule has 3 heteroatoms. The fourth-order valence-corrected chi connectivity index (χ4v) is 1.97. The lowest BCUT2D eigenvalue weighted by molar-refractivity contribution is 0.254. The second kappa shape index (κ2) is 8.92. The molecule has 0 spiro atoms. The number of pyridine rings is 1. The molecule has 0 saturated carbocycles. The number of anilines is 1. The van der Waals surface area contributed by atoms with E-state index in [2.05, 4.69) is 41.2 Å². The molecule has 0 aliphatic heterocycles. The van der Waals surface area contributed by atoms with Crippen molar-refractivity contribution in [2.24, 2.45) is 0 Å². The monoisotopic (exact) mass is 249 g/mol. The van der Waals surface area contributed by atoms with Gasteiger partial charge in [-0.05, 0) is 38.1 Å². The van der Waals surface area contributed by atoms with Gasteiger partial charge >= 0.3 is 0 Å². The van der Waals surface area contributed by atoms with Gasteiger partial charge in [0, 0.05) is 13.6 Å². The molecule has 1 rings (SSSR count). The molecule has 0 aromatic carbocycles. The standard InChI is InChI=1S/C15H27N3/c1-4-6-11-18(12-7-5-2)13-14-9-8-10-15(16-3)17-14/h8-10H,4-7,11-13H2,1-3H3,(H,16,17). The highest BCUT2D eigenvalue weighted by Crippen LogP contribution is 2.09. The summed E-state index contributed by atoms with van der Waals surface area (Å²) < 4.78 is 0. The van der Waals surface area contributed by atoms with E-state index in [4.69, 9.17) is 0 Å². The summed E-state index contributed by atoms with van der Waals surface area (Å²) in [6.07, 6.45) is 5.06. The van der Waals surface area contributed by atoms with Gasteiger partial charge in [0.25, 0.3) is 0 Å². The number of rotatable bonds is 9. The molecule has 18 heavy (non-hydrogen) atoms. The summed E-state index contributed by atoms with van der Waals surface area (Å²) in [4.78, 5) is 7.12. The van der Waals surface area contributed by atoms with Crippen molar-refractivity contribution in [2.45, 2.75) is 46.1 Å². The maximum atomic E-state index is 4.59. The van der Waals surface area contributed by atoms with Crippen molar-refractivity contribution in [2.75, 3.05) is 25.5 Å². The molecule has 0 amide bonds. The van der Waals surface area contributed by atoms with Gasteiger partial charge in [-0.1, -0.05) is 32.8 Å². The molecule has 102 valence electrons. The Bertz CT molecular complexity index is 317. The highest BCUT2D eigenvalue weighted by atomic mass is 15.1. The summed E-state index contributed by atoms with van der Waals surface area (Å²) in [5.41, 5.74) is 1.16. The first-order valence-electron chi connectivity index (χ1n) is 7.16. The van der Waals surface area contributed by atoms with E-state index in [1.807, 2.05) is 13.1 Å². The minimum absolute atomic E-state index is 0.957. The van der Waals surface area contributed by atoms with Crippen LogP contribution in [0.1, 0.15) is 45.2 Å². The third-order valence-corrected chi connectivity index (χ3v) is 3.10. The van der Waals surface area contributed by atoms with E-state index in [0.717, 1.165) is 18.1 Å². The number of nitrogens with zero attached hydrogens (tertiary/aromatic N) is 2. The zero-order valence-electron chi connectivity index (χ0n) is 12.1. The lowest BCUT2D eigenvalue weighted by Crippen LogP contribution is -2.26. The van der Waals surface area contributed by atoms with Crippen molar-refractivity contribution in [1.82, 2.24) is 9.88 Å². The second-order valence-electron chi connectivity index (χ2n) is 4.75. The summed E-state index contributed by atoms with van der Waals surface area (Å²) in [6, 6.07) is 6.20. The quantitative estimate of drug-likeness (QED) is 0.725. The van der Waals surface area contributed by atoms with Crippen LogP contribution in [-0.4, -0.2) is 30.0 Å². The summed E-state index contributed by atoms with van der Waals surface area (Å²) in [5.74, 6) is 0.957. The van der Waals surface area contributed by atoms with Crippen LogP contribution in [0.2, 0.25) is 0 Å². The molecule has 0 bridgehead atoms. The lowest BCUT2D eigenvalue weighted by Gasteiger charge is -2.21. The van der Waals surface area contributed by atoms with Crippen LogP contribution in [0, 0.1) is 0 Å². The van der Waals surface area contributed by atoms with Gasteiger partial charge in [-0.15, -0.1) is 0 Å². The van der Waals surface area contributed by atoms with Gasteiger partial charge in [0.1, 0.15) is 5.82 Å². The molecule has 0 saturated heterocycles. The first kappa shape index (κ1) is 15.0. The van der Waals surface area contributed by atoms with Gasteiger partial charge in [0.15, 0.2) is 0 Å². The Morgan fingerprint density at radius 2 is 1.78 bits per heavy atom. The topological polar surface area (TPSA) is 28.2 Å². The normalized spacial score (nSPS) is 10.9. The fourth-order valence-electron chi connectivity index (χ4n) is 1.97. The van der Waals surface area contributed by atoms with Gasteiger partial charge in [-0.3, -0.25) is 4.90 Å². The predicted molar refractivity (Wildman–Crippen MR) is 78.9 cm³/mol. The molecule has 1 N–H and O–H groups in total. The zero-order valence-corrected chi connectivity index (χ0v) is 12.1. The summed E-state index contributed by atoms with van der Waals surface area (Å²) in [7, 11) is 1.91. The predicted octanol–water partition coefficient (Wildman–Crippen LogP) is 3.53. The van der Waals surface area contributed by atoms with Crippen LogP contribution in [-0.2, 0) is 6.54 Å². The van der Waals surface area contributed by atoms with E-state index < -0.39 is 0 Å². The largest absolute Gasteiger partial charge is 0.373 e. The average Bonchev–Trinajstić information content (AvgIpc) is 2.42. The maximum Gasteiger partial charge on any atom is 0.126 e. The Balaban J connectivity index is 2.56. The number of hydrogen-bond acceptors (Lipinski definition) is 3. The molecule has 0 aliphatic rings. The molecule has 1 heterocycles. The molecule has 0 atom stereocenters. The first-order chi connectivity index (χ1) is 8.80. The van der Waals surface area contributed by atoms with Gasteiger partial charge in [0.05, 0.1) is 5.69 Å². The number of nitrogens with one attached hydrogen (secondary N) is 1. The zero-order chi connectivity index (χ0) is 13.2. The highest BCUT2D eigenvalue weighted by molar-refractivity contribution is 5.34. The molecule has 3 nitrogen and oxygen atoms in total. The Kier molecular flexibility index (Phi) is 7.42. The van der Waals surface area contributed by atoms with Gasteiger partial charge in [-0.2, -0.15) is 0 Å². The van der Waals surface area contributed by atoms with E-state index >= 15 is 0 Å². The van der Waals surface area contributed by atoms with E-state index in [0.29, 0.717) is 0 Å². The van der Waals surface area contributed by atoms with Gasteiger partial charge < -0.3 is 5.32 Å². The minimum atomic E-state index is 0.957. The van der Waals surface area contributed by atoms with Crippen LogP contribution >= 0.6 is 0 Å². The summed E-state index contributed by atoms with van der Waals surface area (Å²) in [6.45, 7) is 7.83. The molecule has 0 fully saturated rings. The van der Waals surface area contributed by atoms with E-state index in [9.17, 15) is 0 Å². The molecule has 1 aromatic rings. The Morgan fingerprint density at radius 1 is 1.11 bits per heavy atom. The number of unbranched alkanes of at least 4 members (excludes halogenated alkanes) is 2. The molecular formula is C15H27N3. The summed E-state index contributed by atoms with van der Waals surface area (Å²) >= 11 is 0. The Hall–Kier alpha value is -1.09. The van der Waals surface area contributed by atoms with Crippen LogP contribution in [0.3, 0.4) is 0 Å². The smallest absolute Gasteiger partial charge is 0.126 e. The van der Waals surface area contributed by atoms with Crippen molar-refractivity contribution in [1.29, 1.82) is 0 Å². The third-order valence-electron chi connectivity index (χ3n) is 3.10. The maximum absolute atomic E-state index is 4.59. The van der Waals surface area contributed by atoms with Crippen molar-refractivity contribution >= 4 is 5.82 Å². The van der Waals surface area contributed by atoms with Crippen LogP contribution in [0.25, 0.3) is 0 Å². The van der Waals surface area contributed by atoms with E-state index in [-0.39, 0.29) is 0 Å². The van der Waals surface area contributed by atoms with Crippen LogP contribution in [0.4, 0.5) is 5.82 Å². The first-order valence-corrected chi connectivity index (χ1v) is 7.16. The van der Waals surface area contributed by atoms with Crippen molar-refractivity contribution in [3.63, 3.8) is 0 Å². The molecule has 1 aromatic heterocycles. The number of hydrogen-bond donors (Lipinski definition) is 1. The average molecular weight is 249 g/mol.